The number of halogens is 1. The number of pyridine rings is 1. The van der Waals surface area contributed by atoms with Gasteiger partial charge in [-0.1, -0.05) is 6.92 Å². The summed E-state index contributed by atoms with van der Waals surface area (Å²) in [6.07, 6.45) is 5.70. The van der Waals surface area contributed by atoms with Gasteiger partial charge >= 0.3 is 0 Å². The summed E-state index contributed by atoms with van der Waals surface area (Å²) in [7, 11) is -1.13. The highest BCUT2D eigenvalue weighted by Gasteiger charge is 2.29. The van der Waals surface area contributed by atoms with Crippen molar-refractivity contribution < 1.29 is 9.30 Å². The molecule has 13 heteroatoms. The lowest BCUT2D eigenvalue weighted by atomic mass is 10.0. The van der Waals surface area contributed by atoms with Gasteiger partial charge in [0, 0.05) is 43.8 Å². The van der Waals surface area contributed by atoms with Crippen molar-refractivity contribution in [2.75, 3.05) is 55.6 Å². The first-order chi connectivity index (χ1) is 19.5. The summed E-state index contributed by atoms with van der Waals surface area (Å²) in [4.78, 5) is 25.3. The van der Waals surface area contributed by atoms with Crippen LogP contribution in [-0.2, 0) is 11.0 Å². The molecular weight excluding hydrogens is 605 g/mol. The van der Waals surface area contributed by atoms with Gasteiger partial charge in [0.1, 0.15) is 30.0 Å². The van der Waals surface area contributed by atoms with Crippen molar-refractivity contribution in [2.24, 2.45) is 0 Å². The van der Waals surface area contributed by atoms with E-state index in [1.165, 1.54) is 0 Å². The number of methoxy groups -OCH3 is 1. The predicted molar refractivity (Wildman–Crippen MR) is 169 cm³/mol. The van der Waals surface area contributed by atoms with E-state index in [1.54, 1.807) is 39.0 Å². The van der Waals surface area contributed by atoms with Gasteiger partial charge in [0.15, 0.2) is 0 Å². The third-order valence-corrected chi connectivity index (χ3v) is 8.99. The Bertz CT molecular complexity index is 1640. The van der Waals surface area contributed by atoms with Gasteiger partial charge in [-0.3, -0.25) is 9.97 Å². The van der Waals surface area contributed by atoms with Gasteiger partial charge in [0.2, 0.25) is 11.8 Å². The molecule has 1 saturated heterocycles. The molecule has 11 nitrogen and oxygen atoms in total. The van der Waals surface area contributed by atoms with Crippen molar-refractivity contribution in [3.63, 3.8) is 0 Å². The summed E-state index contributed by atoms with van der Waals surface area (Å²) in [6.45, 7) is 12.6. The fraction of sp³-hybridized carbons (Fsp3) is 0.393. The van der Waals surface area contributed by atoms with Crippen LogP contribution in [0.15, 0.2) is 41.3 Å². The number of aromatic nitrogens is 5. The predicted octanol–water partition coefficient (Wildman–Crippen LogP) is 5.07. The quantitative estimate of drug-likeness (QED) is 0.223. The first-order valence-corrected chi connectivity index (χ1v) is 16.8. The van der Waals surface area contributed by atoms with Crippen molar-refractivity contribution >= 4 is 68.4 Å². The van der Waals surface area contributed by atoms with Gasteiger partial charge in [-0.2, -0.15) is 9.97 Å². The second-order valence-corrected chi connectivity index (χ2v) is 15.0. The maximum atomic E-state index is 13.4. The molecule has 4 heterocycles. The molecule has 0 bridgehead atoms. The monoisotopic (exact) mass is 639 g/mol. The van der Waals surface area contributed by atoms with Crippen LogP contribution in [-0.4, -0.2) is 70.5 Å². The smallest absolute Gasteiger partial charge is 0.239 e. The lowest BCUT2D eigenvalue weighted by Crippen LogP contribution is -2.57. The van der Waals surface area contributed by atoms with Gasteiger partial charge in [-0.15, -0.1) is 0 Å². The van der Waals surface area contributed by atoms with Crippen LogP contribution < -0.4 is 30.9 Å². The number of ether oxygens (including phenoxy) is 1. The third kappa shape index (κ3) is 6.29. The van der Waals surface area contributed by atoms with Crippen molar-refractivity contribution in [1.82, 2.24) is 30.2 Å². The molecular formula is C28H35BrN9O2P. The Kier molecular flexibility index (Phi) is 8.18. The van der Waals surface area contributed by atoms with Gasteiger partial charge in [0.25, 0.3) is 0 Å². The van der Waals surface area contributed by atoms with Gasteiger partial charge < -0.3 is 30.2 Å². The SMILES string of the molecule is CCc1cc(Nc2ncc(Br)c(Nc3ccc4nccnc4c3P(C)(C)=O)n2)c(OC)nc1N1CCNC(C)(C)C1. The van der Waals surface area contributed by atoms with E-state index in [0.717, 1.165) is 37.4 Å². The van der Waals surface area contributed by atoms with E-state index in [9.17, 15) is 4.57 Å². The van der Waals surface area contributed by atoms with E-state index in [2.05, 4.69) is 78.6 Å². The van der Waals surface area contributed by atoms with E-state index in [4.69, 9.17) is 14.7 Å². The molecule has 41 heavy (non-hydrogen) atoms. The molecule has 0 unspecified atom stereocenters. The number of fused-ring (bicyclic) bond motifs is 1. The first kappa shape index (κ1) is 29.2. The number of aryl methyl sites for hydroxylation is 1. The maximum absolute atomic E-state index is 13.4. The van der Waals surface area contributed by atoms with Crippen LogP contribution in [0.25, 0.3) is 11.0 Å². The molecule has 3 N–H and O–H groups in total. The van der Waals surface area contributed by atoms with Crippen LogP contribution >= 0.6 is 23.1 Å². The second-order valence-electron chi connectivity index (χ2n) is 11.0. The molecule has 216 valence electrons. The number of nitrogens with zero attached hydrogens (tertiary/aromatic N) is 6. The summed E-state index contributed by atoms with van der Waals surface area (Å²) in [5.41, 5.74) is 3.69. The number of anilines is 5. The highest BCUT2D eigenvalue weighted by Crippen LogP contribution is 2.41. The van der Waals surface area contributed by atoms with Crippen LogP contribution in [0.5, 0.6) is 5.88 Å². The van der Waals surface area contributed by atoms with Crippen LogP contribution in [0.2, 0.25) is 0 Å². The summed E-state index contributed by atoms with van der Waals surface area (Å²) in [5.74, 6) is 2.25. The largest absolute Gasteiger partial charge is 0.479 e. The second kappa shape index (κ2) is 11.5. The number of nitrogens with one attached hydrogen (secondary N) is 3. The summed E-state index contributed by atoms with van der Waals surface area (Å²) >= 11 is 3.55. The van der Waals surface area contributed by atoms with Gasteiger partial charge in [-0.25, -0.2) is 4.98 Å². The highest BCUT2D eigenvalue weighted by molar-refractivity contribution is 9.10. The maximum Gasteiger partial charge on any atom is 0.239 e. The Labute approximate surface area is 248 Å². The lowest BCUT2D eigenvalue weighted by molar-refractivity contribution is 0.349. The Morgan fingerprint density at radius 1 is 1.12 bits per heavy atom. The van der Waals surface area contributed by atoms with E-state index in [-0.39, 0.29) is 5.54 Å². The Hall–Kier alpha value is -3.34. The van der Waals surface area contributed by atoms with E-state index < -0.39 is 7.14 Å². The molecule has 1 fully saturated rings. The number of rotatable bonds is 8. The van der Waals surface area contributed by atoms with Gasteiger partial charge in [-0.05, 0) is 73.3 Å². The molecule has 0 saturated carbocycles. The Morgan fingerprint density at radius 3 is 2.61 bits per heavy atom. The summed E-state index contributed by atoms with van der Waals surface area (Å²) in [5, 5.41) is 10.8. The van der Waals surface area contributed by atoms with Crippen LogP contribution in [0.4, 0.5) is 29.0 Å². The molecule has 1 aromatic carbocycles. The molecule has 0 radical (unpaired) electrons. The topological polar surface area (TPSA) is 130 Å². The van der Waals surface area contributed by atoms with Crippen molar-refractivity contribution in [2.45, 2.75) is 32.7 Å². The van der Waals surface area contributed by atoms with Crippen LogP contribution in [0, 0.1) is 0 Å². The summed E-state index contributed by atoms with van der Waals surface area (Å²) in [6, 6.07) is 5.76. The molecule has 0 atom stereocenters. The fourth-order valence-electron chi connectivity index (χ4n) is 5.06. The molecule has 4 aromatic rings. The van der Waals surface area contributed by atoms with Crippen LogP contribution in [0.1, 0.15) is 26.3 Å². The molecule has 0 spiro atoms. The zero-order valence-electron chi connectivity index (χ0n) is 24.1. The molecule has 3 aromatic heterocycles. The number of hydrogen-bond donors (Lipinski definition) is 3. The Morgan fingerprint density at radius 2 is 1.90 bits per heavy atom. The molecule has 0 aliphatic carbocycles. The average molecular weight is 641 g/mol. The lowest BCUT2D eigenvalue weighted by Gasteiger charge is -2.40. The summed E-state index contributed by atoms with van der Waals surface area (Å²) < 4.78 is 19.7. The normalized spacial score (nSPS) is 15.1. The minimum absolute atomic E-state index is 0.00939. The first-order valence-electron chi connectivity index (χ1n) is 13.4. The minimum Gasteiger partial charge on any atom is -0.479 e. The average Bonchev–Trinajstić information content (AvgIpc) is 2.93. The van der Waals surface area contributed by atoms with Gasteiger partial charge in [0.05, 0.1) is 28.1 Å². The van der Waals surface area contributed by atoms with E-state index in [0.29, 0.717) is 49.8 Å². The number of benzene rings is 1. The Balaban J connectivity index is 1.48. The molecule has 0 amide bonds. The van der Waals surface area contributed by atoms with Crippen molar-refractivity contribution in [1.29, 1.82) is 0 Å². The minimum atomic E-state index is -2.74. The van der Waals surface area contributed by atoms with Crippen molar-refractivity contribution in [3.8, 4) is 5.88 Å². The third-order valence-electron chi connectivity index (χ3n) is 6.88. The fourth-order valence-corrected chi connectivity index (χ4v) is 6.74. The highest BCUT2D eigenvalue weighted by atomic mass is 79.9. The van der Waals surface area contributed by atoms with E-state index in [1.807, 2.05) is 12.1 Å². The molecule has 1 aliphatic heterocycles. The molecule has 1 aliphatic rings. The van der Waals surface area contributed by atoms with Crippen molar-refractivity contribution in [3.05, 3.63) is 46.8 Å². The zero-order valence-corrected chi connectivity index (χ0v) is 26.6. The zero-order chi connectivity index (χ0) is 29.4. The van der Waals surface area contributed by atoms with Crippen LogP contribution in [0.3, 0.4) is 0 Å². The number of piperazine rings is 1. The number of hydrogen-bond acceptors (Lipinski definition) is 11. The molecule has 5 rings (SSSR count). The van der Waals surface area contributed by atoms with E-state index >= 15 is 0 Å². The standard InChI is InChI=1S/C28H35BrN9O2P/c1-7-17-14-21(26(40-4)37-25(17)38-13-12-33-28(2,3)16-38)35-27-32-15-18(29)24(36-27)34-20-9-8-19-22(31-11-10-30-19)23(20)41(5,6)39/h8-11,14-15,33H,7,12-13,16H2,1-6H3,(H2,32,34,35,36).